The van der Waals surface area contributed by atoms with Gasteiger partial charge in [-0.05, 0) is 32.6 Å². The summed E-state index contributed by atoms with van der Waals surface area (Å²) in [6.45, 7) is 4.91. The van der Waals surface area contributed by atoms with Crippen LogP contribution >= 0.6 is 0 Å². The number of nitrogens with two attached hydrogens (primary N) is 1. The average Bonchev–Trinajstić information content (AvgIpc) is 2.79. The Hall–Kier alpha value is -0.940. The summed E-state index contributed by atoms with van der Waals surface area (Å²) in [5.41, 5.74) is 5.92. The molecule has 1 aromatic heterocycles. The number of hydrogen-bond acceptors (Lipinski definition) is 5. The third-order valence-corrected chi connectivity index (χ3v) is 3.56. The zero-order valence-electron chi connectivity index (χ0n) is 11.3. The van der Waals surface area contributed by atoms with Gasteiger partial charge in [-0.3, -0.25) is 0 Å². The lowest BCUT2D eigenvalue weighted by Crippen LogP contribution is -2.24. The normalized spacial score (nSPS) is 23.8. The van der Waals surface area contributed by atoms with Crippen LogP contribution < -0.4 is 5.73 Å². The predicted octanol–water partition coefficient (Wildman–Crippen LogP) is 2.02. The molecule has 0 aromatic carbocycles. The van der Waals surface area contributed by atoms with E-state index in [4.69, 9.17) is 15.0 Å². The molecule has 1 aromatic rings. The van der Waals surface area contributed by atoms with E-state index in [2.05, 4.69) is 17.1 Å². The number of rotatable bonds is 5. The van der Waals surface area contributed by atoms with E-state index in [0.29, 0.717) is 5.89 Å². The predicted molar refractivity (Wildman–Crippen MR) is 68.3 cm³/mol. The van der Waals surface area contributed by atoms with Crippen molar-refractivity contribution >= 4 is 0 Å². The fraction of sp³-hybridized carbons (Fsp3) is 0.846. The van der Waals surface area contributed by atoms with Crippen LogP contribution in [0.2, 0.25) is 0 Å². The Balaban J connectivity index is 1.96. The second kappa shape index (κ2) is 6.29. The van der Waals surface area contributed by atoms with Gasteiger partial charge in [0.15, 0.2) is 5.82 Å². The molecule has 3 unspecified atom stereocenters. The monoisotopic (exact) mass is 253 g/mol. The van der Waals surface area contributed by atoms with Gasteiger partial charge in [0.25, 0.3) is 0 Å². The molecule has 5 heteroatoms. The summed E-state index contributed by atoms with van der Waals surface area (Å²) < 4.78 is 11.0. The van der Waals surface area contributed by atoms with Crippen molar-refractivity contribution < 1.29 is 9.26 Å². The van der Waals surface area contributed by atoms with Crippen molar-refractivity contribution in [2.75, 3.05) is 6.61 Å². The van der Waals surface area contributed by atoms with E-state index >= 15 is 0 Å². The Morgan fingerprint density at radius 1 is 1.44 bits per heavy atom. The Morgan fingerprint density at radius 3 is 2.89 bits per heavy atom. The summed E-state index contributed by atoms with van der Waals surface area (Å²) in [5.74, 6) is 1.56. The highest BCUT2D eigenvalue weighted by Crippen LogP contribution is 2.22. The molecule has 2 heterocycles. The van der Waals surface area contributed by atoms with E-state index in [0.717, 1.165) is 38.1 Å². The van der Waals surface area contributed by atoms with Gasteiger partial charge in [0.1, 0.15) is 0 Å². The number of aromatic nitrogens is 2. The largest absolute Gasteiger partial charge is 0.378 e. The Bertz CT molecular complexity index is 359. The molecule has 3 atom stereocenters. The summed E-state index contributed by atoms with van der Waals surface area (Å²) in [4.78, 5) is 4.46. The highest BCUT2D eigenvalue weighted by Gasteiger charge is 2.23. The second-order valence-electron chi connectivity index (χ2n) is 5.12. The van der Waals surface area contributed by atoms with E-state index in [-0.39, 0.29) is 18.1 Å². The van der Waals surface area contributed by atoms with Crippen LogP contribution in [0, 0.1) is 0 Å². The topological polar surface area (TPSA) is 74.2 Å². The summed E-state index contributed by atoms with van der Waals surface area (Å²) in [5, 5.41) is 4.04. The molecule has 0 saturated carbocycles. The molecule has 18 heavy (non-hydrogen) atoms. The zero-order chi connectivity index (χ0) is 13.0. The molecule has 2 N–H and O–H groups in total. The van der Waals surface area contributed by atoms with Crippen LogP contribution in [0.1, 0.15) is 57.2 Å². The second-order valence-corrected chi connectivity index (χ2v) is 5.12. The van der Waals surface area contributed by atoms with E-state index < -0.39 is 0 Å². The summed E-state index contributed by atoms with van der Waals surface area (Å²) >= 11 is 0. The quantitative estimate of drug-likeness (QED) is 0.869. The molecule has 0 bridgehead atoms. The summed E-state index contributed by atoms with van der Waals surface area (Å²) in [6.07, 6.45) is 5.40. The molecule has 0 spiro atoms. The fourth-order valence-electron chi connectivity index (χ4n) is 2.44. The van der Waals surface area contributed by atoms with Crippen LogP contribution in [0.4, 0.5) is 0 Å². The molecule has 0 amide bonds. The van der Waals surface area contributed by atoms with Crippen LogP contribution in [0.5, 0.6) is 0 Å². The minimum absolute atomic E-state index is 0.0363. The van der Waals surface area contributed by atoms with Crippen molar-refractivity contribution in [3.05, 3.63) is 11.7 Å². The van der Waals surface area contributed by atoms with Gasteiger partial charge in [-0.2, -0.15) is 4.98 Å². The van der Waals surface area contributed by atoms with Gasteiger partial charge in [-0.15, -0.1) is 0 Å². The lowest BCUT2D eigenvalue weighted by Gasteiger charge is -2.20. The summed E-state index contributed by atoms with van der Waals surface area (Å²) in [7, 11) is 0. The molecule has 5 nitrogen and oxygen atoms in total. The van der Waals surface area contributed by atoms with Crippen molar-refractivity contribution in [2.24, 2.45) is 5.73 Å². The minimum atomic E-state index is 0.0363. The smallest absolute Gasteiger partial charge is 0.231 e. The van der Waals surface area contributed by atoms with Crippen LogP contribution in [-0.4, -0.2) is 28.9 Å². The molecule has 1 aliphatic heterocycles. The molecule has 1 aliphatic rings. The van der Waals surface area contributed by atoms with Crippen molar-refractivity contribution in [3.63, 3.8) is 0 Å². The molecule has 0 radical (unpaired) electrons. The molecule has 1 fully saturated rings. The lowest BCUT2D eigenvalue weighted by atomic mass is 9.99. The van der Waals surface area contributed by atoms with Crippen molar-refractivity contribution in [2.45, 2.75) is 64.0 Å². The maximum absolute atomic E-state index is 5.92. The van der Waals surface area contributed by atoms with Crippen molar-refractivity contribution in [3.8, 4) is 0 Å². The van der Waals surface area contributed by atoms with Gasteiger partial charge in [-0.25, -0.2) is 0 Å². The standard InChI is InChI=1S/C13H23N3O2/c1-3-11(9(2)14)13-15-12(16-18-13)8-10-6-4-5-7-17-10/h9-11H,3-8,14H2,1-2H3. The van der Waals surface area contributed by atoms with Crippen LogP contribution in [0.25, 0.3) is 0 Å². The first kappa shape index (κ1) is 13.5. The molecule has 102 valence electrons. The van der Waals surface area contributed by atoms with E-state index in [1.807, 2.05) is 6.92 Å². The first-order chi connectivity index (χ1) is 8.70. The Kier molecular flexibility index (Phi) is 4.72. The van der Waals surface area contributed by atoms with E-state index in [1.165, 1.54) is 6.42 Å². The van der Waals surface area contributed by atoms with Gasteiger partial charge in [0.05, 0.1) is 12.0 Å². The van der Waals surface area contributed by atoms with Crippen molar-refractivity contribution in [1.82, 2.24) is 10.1 Å². The Labute approximate surface area is 108 Å². The van der Waals surface area contributed by atoms with Gasteiger partial charge >= 0.3 is 0 Å². The highest BCUT2D eigenvalue weighted by molar-refractivity contribution is 4.98. The number of nitrogens with zero attached hydrogens (tertiary/aromatic N) is 2. The van der Waals surface area contributed by atoms with Crippen LogP contribution in [0.3, 0.4) is 0 Å². The van der Waals surface area contributed by atoms with Crippen molar-refractivity contribution in [1.29, 1.82) is 0 Å². The number of hydrogen-bond donors (Lipinski definition) is 1. The minimum Gasteiger partial charge on any atom is -0.378 e. The highest BCUT2D eigenvalue weighted by atomic mass is 16.5. The molecule has 2 rings (SSSR count). The molecular formula is C13H23N3O2. The van der Waals surface area contributed by atoms with Gasteiger partial charge in [0.2, 0.25) is 5.89 Å². The van der Waals surface area contributed by atoms with Crippen LogP contribution in [0.15, 0.2) is 4.52 Å². The number of ether oxygens (including phenoxy) is 1. The van der Waals surface area contributed by atoms with Crippen LogP contribution in [-0.2, 0) is 11.2 Å². The zero-order valence-corrected chi connectivity index (χ0v) is 11.3. The Morgan fingerprint density at radius 2 is 2.28 bits per heavy atom. The SMILES string of the molecule is CCC(c1nc(CC2CCCCO2)no1)C(C)N. The average molecular weight is 253 g/mol. The fourth-order valence-corrected chi connectivity index (χ4v) is 2.44. The first-order valence-electron chi connectivity index (χ1n) is 6.90. The van der Waals surface area contributed by atoms with Gasteiger partial charge in [0, 0.05) is 19.1 Å². The maximum Gasteiger partial charge on any atom is 0.231 e. The first-order valence-corrected chi connectivity index (χ1v) is 6.90. The molecular weight excluding hydrogens is 230 g/mol. The molecule has 1 saturated heterocycles. The van der Waals surface area contributed by atoms with E-state index in [1.54, 1.807) is 0 Å². The third kappa shape index (κ3) is 3.29. The lowest BCUT2D eigenvalue weighted by molar-refractivity contribution is 0.0153. The molecule has 0 aliphatic carbocycles. The van der Waals surface area contributed by atoms with E-state index in [9.17, 15) is 0 Å². The van der Waals surface area contributed by atoms with Gasteiger partial charge in [-0.1, -0.05) is 12.1 Å². The van der Waals surface area contributed by atoms with Gasteiger partial charge < -0.3 is 15.0 Å². The maximum atomic E-state index is 5.92. The summed E-state index contributed by atoms with van der Waals surface area (Å²) in [6, 6.07) is 0.0363. The third-order valence-electron chi connectivity index (χ3n) is 3.56.